The van der Waals surface area contributed by atoms with E-state index in [1.54, 1.807) is 46.6 Å². The Balaban J connectivity index is 1.46. The van der Waals surface area contributed by atoms with Gasteiger partial charge in [0.25, 0.3) is 5.91 Å². The van der Waals surface area contributed by atoms with Crippen molar-refractivity contribution >= 4 is 35.0 Å². The molecule has 0 bridgehead atoms. The number of thiazole rings is 1. The van der Waals surface area contributed by atoms with Crippen LogP contribution in [0.3, 0.4) is 0 Å². The van der Waals surface area contributed by atoms with Crippen molar-refractivity contribution in [2.75, 3.05) is 18.6 Å². The van der Waals surface area contributed by atoms with Gasteiger partial charge in [-0.3, -0.25) is 4.79 Å². The average Bonchev–Trinajstić information content (AvgIpc) is 3.41. The normalized spacial score (nSPS) is 12.8. The first-order valence-electron chi connectivity index (χ1n) is 9.89. The lowest BCUT2D eigenvalue weighted by atomic mass is 10.1. The number of aryl methyl sites for hydroxylation is 1. The number of methoxy groups -OCH3 is 1. The van der Waals surface area contributed by atoms with Crippen LogP contribution < -0.4 is 9.64 Å². The minimum Gasteiger partial charge on any atom is -0.487 e. The molecule has 0 atom stereocenters. The summed E-state index contributed by atoms with van der Waals surface area (Å²) in [5.74, 6) is 0.202. The number of nitrogens with zero attached hydrogens (tertiary/aromatic N) is 2. The molecular weight excluding hydrogens is 412 g/mol. The SMILES string of the molecule is COC(=O)c1ccc2c(c1)CCN2C(=O)C=Cc1ccccc1OCc1csc(C)n1. The Morgan fingerprint density at radius 1 is 1.23 bits per heavy atom. The van der Waals surface area contributed by atoms with Crippen molar-refractivity contribution in [1.82, 2.24) is 4.98 Å². The molecule has 158 valence electrons. The molecule has 0 aliphatic carbocycles. The number of esters is 1. The topological polar surface area (TPSA) is 68.7 Å². The average molecular weight is 435 g/mol. The molecule has 1 amide bonds. The van der Waals surface area contributed by atoms with Crippen LogP contribution in [-0.4, -0.2) is 30.5 Å². The number of amides is 1. The fourth-order valence-electron chi connectivity index (χ4n) is 3.50. The predicted octanol–water partition coefficient (Wildman–Crippen LogP) is 4.42. The van der Waals surface area contributed by atoms with E-state index in [0.29, 0.717) is 30.9 Å². The molecule has 3 aromatic rings. The Morgan fingerprint density at radius 3 is 2.84 bits per heavy atom. The second-order valence-electron chi connectivity index (χ2n) is 7.09. The standard InChI is InChI=1S/C24H22N2O4S/c1-16-25-20(15-31-16)14-30-22-6-4-3-5-17(22)8-10-23(27)26-12-11-18-13-19(24(28)29-2)7-9-21(18)26/h3-10,13,15H,11-12,14H2,1-2H3. The highest BCUT2D eigenvalue weighted by atomic mass is 32.1. The van der Waals surface area contributed by atoms with E-state index in [-0.39, 0.29) is 11.9 Å². The highest BCUT2D eigenvalue weighted by molar-refractivity contribution is 7.09. The Labute approximate surface area is 184 Å². The number of carbonyl (C=O) groups is 2. The van der Waals surface area contributed by atoms with Crippen LogP contribution >= 0.6 is 11.3 Å². The molecule has 1 aliphatic rings. The van der Waals surface area contributed by atoms with Gasteiger partial charge in [-0.05, 0) is 49.2 Å². The third-order valence-electron chi connectivity index (χ3n) is 5.03. The summed E-state index contributed by atoms with van der Waals surface area (Å²) in [6, 6.07) is 12.9. The van der Waals surface area contributed by atoms with Gasteiger partial charge in [0.1, 0.15) is 12.4 Å². The zero-order chi connectivity index (χ0) is 21.8. The number of hydrogen-bond acceptors (Lipinski definition) is 6. The number of rotatable bonds is 6. The van der Waals surface area contributed by atoms with Gasteiger partial charge >= 0.3 is 5.97 Å². The first-order valence-corrected chi connectivity index (χ1v) is 10.8. The van der Waals surface area contributed by atoms with Gasteiger partial charge in [0.15, 0.2) is 0 Å². The van der Waals surface area contributed by atoms with E-state index >= 15 is 0 Å². The number of fused-ring (bicyclic) bond motifs is 1. The molecule has 4 rings (SSSR count). The Kier molecular flexibility index (Phi) is 6.13. The van der Waals surface area contributed by atoms with Crippen molar-refractivity contribution in [3.05, 3.63) is 81.3 Å². The monoisotopic (exact) mass is 434 g/mol. The number of benzene rings is 2. The second kappa shape index (κ2) is 9.14. The highest BCUT2D eigenvalue weighted by Gasteiger charge is 2.24. The number of anilines is 1. The maximum atomic E-state index is 12.8. The first kappa shape index (κ1) is 20.8. The molecule has 2 heterocycles. The Morgan fingerprint density at radius 2 is 2.06 bits per heavy atom. The van der Waals surface area contributed by atoms with Crippen molar-refractivity contribution in [2.24, 2.45) is 0 Å². The van der Waals surface area contributed by atoms with Crippen LogP contribution in [0.2, 0.25) is 0 Å². The Bertz CT molecular complexity index is 1150. The third-order valence-corrected chi connectivity index (χ3v) is 5.85. The molecular formula is C24H22N2O4S. The lowest BCUT2D eigenvalue weighted by Gasteiger charge is -2.15. The number of hydrogen-bond donors (Lipinski definition) is 0. The van der Waals surface area contributed by atoms with Crippen LogP contribution in [0.1, 0.15) is 32.2 Å². The summed E-state index contributed by atoms with van der Waals surface area (Å²) in [5, 5.41) is 2.98. The van der Waals surface area contributed by atoms with E-state index < -0.39 is 0 Å². The Hall–Kier alpha value is -3.45. The largest absolute Gasteiger partial charge is 0.487 e. The van der Waals surface area contributed by atoms with Gasteiger partial charge in [0.2, 0.25) is 0 Å². The maximum absolute atomic E-state index is 12.8. The minimum absolute atomic E-state index is 0.116. The molecule has 2 aromatic carbocycles. The van der Waals surface area contributed by atoms with Crippen LogP contribution in [0.15, 0.2) is 53.9 Å². The van der Waals surface area contributed by atoms with Crippen LogP contribution in [0.5, 0.6) is 5.75 Å². The molecule has 1 aliphatic heterocycles. The molecule has 0 radical (unpaired) electrons. The summed E-state index contributed by atoms with van der Waals surface area (Å²) in [4.78, 5) is 30.7. The van der Waals surface area contributed by atoms with Gasteiger partial charge < -0.3 is 14.4 Å². The zero-order valence-electron chi connectivity index (χ0n) is 17.3. The molecule has 0 N–H and O–H groups in total. The quantitative estimate of drug-likeness (QED) is 0.424. The van der Waals surface area contributed by atoms with E-state index in [9.17, 15) is 9.59 Å². The fraction of sp³-hybridized carbons (Fsp3) is 0.208. The number of para-hydroxylation sites is 1. The molecule has 1 aromatic heterocycles. The number of aromatic nitrogens is 1. The molecule has 0 saturated heterocycles. The van der Waals surface area contributed by atoms with E-state index in [2.05, 4.69) is 4.98 Å². The van der Waals surface area contributed by atoms with E-state index in [0.717, 1.165) is 27.5 Å². The summed E-state index contributed by atoms with van der Waals surface area (Å²) in [5.41, 5.74) is 3.99. The smallest absolute Gasteiger partial charge is 0.337 e. The molecule has 7 heteroatoms. The van der Waals surface area contributed by atoms with Crippen LogP contribution in [0, 0.1) is 6.92 Å². The van der Waals surface area contributed by atoms with Gasteiger partial charge in [-0.1, -0.05) is 18.2 Å². The zero-order valence-corrected chi connectivity index (χ0v) is 18.1. The van der Waals surface area contributed by atoms with Crippen LogP contribution in [0.4, 0.5) is 5.69 Å². The van der Waals surface area contributed by atoms with Gasteiger partial charge in [-0.15, -0.1) is 11.3 Å². The molecule has 0 saturated carbocycles. The molecule has 0 fully saturated rings. The van der Waals surface area contributed by atoms with Crippen molar-refractivity contribution < 1.29 is 19.1 Å². The minimum atomic E-state index is -0.378. The van der Waals surface area contributed by atoms with Gasteiger partial charge in [0.05, 0.1) is 23.4 Å². The molecule has 0 unspecified atom stereocenters. The van der Waals surface area contributed by atoms with Crippen LogP contribution in [-0.2, 0) is 22.6 Å². The summed E-state index contributed by atoms with van der Waals surface area (Å²) < 4.78 is 10.7. The summed E-state index contributed by atoms with van der Waals surface area (Å²) in [7, 11) is 1.36. The summed E-state index contributed by atoms with van der Waals surface area (Å²) in [6.07, 6.45) is 4.02. The maximum Gasteiger partial charge on any atom is 0.337 e. The van der Waals surface area contributed by atoms with E-state index in [1.807, 2.05) is 36.6 Å². The fourth-order valence-corrected chi connectivity index (χ4v) is 4.10. The summed E-state index contributed by atoms with van der Waals surface area (Å²) in [6.45, 7) is 2.92. The van der Waals surface area contributed by atoms with Crippen molar-refractivity contribution in [2.45, 2.75) is 20.0 Å². The van der Waals surface area contributed by atoms with Crippen molar-refractivity contribution in [3.8, 4) is 5.75 Å². The lowest BCUT2D eigenvalue weighted by molar-refractivity contribution is -0.114. The second-order valence-corrected chi connectivity index (χ2v) is 8.15. The lowest BCUT2D eigenvalue weighted by Crippen LogP contribution is -2.26. The number of carbonyl (C=O) groups excluding carboxylic acids is 2. The predicted molar refractivity (Wildman–Crippen MR) is 120 cm³/mol. The first-order chi connectivity index (χ1) is 15.0. The molecule has 0 spiro atoms. The van der Waals surface area contributed by atoms with Gasteiger partial charge in [0, 0.05) is 29.3 Å². The van der Waals surface area contributed by atoms with Gasteiger partial charge in [-0.25, -0.2) is 9.78 Å². The van der Waals surface area contributed by atoms with E-state index in [1.165, 1.54) is 7.11 Å². The van der Waals surface area contributed by atoms with Crippen molar-refractivity contribution in [3.63, 3.8) is 0 Å². The molecule has 31 heavy (non-hydrogen) atoms. The number of ether oxygens (including phenoxy) is 2. The third kappa shape index (κ3) is 4.67. The van der Waals surface area contributed by atoms with Crippen molar-refractivity contribution in [1.29, 1.82) is 0 Å². The van der Waals surface area contributed by atoms with Crippen LogP contribution in [0.25, 0.3) is 6.08 Å². The van der Waals surface area contributed by atoms with E-state index in [4.69, 9.17) is 9.47 Å². The van der Waals surface area contributed by atoms with Gasteiger partial charge in [-0.2, -0.15) is 0 Å². The molecule has 6 nitrogen and oxygen atoms in total. The summed E-state index contributed by atoms with van der Waals surface area (Å²) >= 11 is 1.59. The highest BCUT2D eigenvalue weighted by Crippen LogP contribution is 2.30.